The molecule has 0 unspecified atom stereocenters. The van der Waals surface area contributed by atoms with Gasteiger partial charge in [-0.1, -0.05) is 72.8 Å². The topological polar surface area (TPSA) is 43.5 Å². The minimum atomic E-state index is -4.81. The molecule has 0 spiro atoms. The molecule has 76 heavy (non-hydrogen) atoms. The lowest BCUT2D eigenvalue weighted by Gasteiger charge is -2.26. The van der Waals surface area contributed by atoms with Crippen LogP contribution in [-0.2, 0) is 24.7 Å². The number of hydrogen-bond acceptors (Lipinski definition) is 1. The molecular formula is C59H29F12N5. The van der Waals surface area contributed by atoms with Gasteiger partial charge in [-0.2, -0.15) is 57.9 Å². The summed E-state index contributed by atoms with van der Waals surface area (Å²) < 4.78 is 182. The van der Waals surface area contributed by atoms with Crippen molar-refractivity contribution in [2.75, 3.05) is 0 Å². The van der Waals surface area contributed by atoms with Crippen molar-refractivity contribution < 1.29 is 52.7 Å². The maximum atomic E-state index is 14.7. The van der Waals surface area contributed by atoms with Crippen molar-refractivity contribution in [3.63, 3.8) is 0 Å². The molecule has 0 atom stereocenters. The molecule has 0 aliphatic heterocycles. The van der Waals surface area contributed by atoms with Crippen molar-refractivity contribution in [3.05, 3.63) is 204 Å². The Kier molecular flexibility index (Phi) is 9.76. The van der Waals surface area contributed by atoms with Crippen LogP contribution in [0, 0.1) is 11.3 Å². The van der Waals surface area contributed by atoms with E-state index in [9.17, 15) is 57.9 Å². The summed E-state index contributed by atoms with van der Waals surface area (Å²) in [6.45, 7) is 0. The zero-order valence-electron chi connectivity index (χ0n) is 38.5. The van der Waals surface area contributed by atoms with Crippen LogP contribution in [0.15, 0.2) is 176 Å². The second kappa shape index (κ2) is 15.9. The largest absolute Gasteiger partial charge is 0.416 e. The number of halogens is 12. The van der Waals surface area contributed by atoms with Gasteiger partial charge in [0.2, 0.25) is 0 Å². The molecule has 0 aliphatic rings. The molecule has 0 N–H and O–H groups in total. The highest BCUT2D eigenvalue weighted by Crippen LogP contribution is 2.49. The minimum absolute atomic E-state index is 0.0259. The Hall–Kier alpha value is -9.17. The van der Waals surface area contributed by atoms with E-state index in [2.05, 4.69) is 6.07 Å². The number of fused-ring (bicyclic) bond motifs is 12. The van der Waals surface area contributed by atoms with E-state index in [0.717, 1.165) is 48.5 Å². The Morgan fingerprint density at radius 2 is 0.539 bits per heavy atom. The van der Waals surface area contributed by atoms with Gasteiger partial charge in [-0.25, -0.2) is 0 Å². The first-order chi connectivity index (χ1) is 36.2. The van der Waals surface area contributed by atoms with Gasteiger partial charge < -0.3 is 18.3 Å². The third-order valence-electron chi connectivity index (χ3n) is 14.3. The third-order valence-corrected chi connectivity index (χ3v) is 14.3. The fraction of sp³-hybridized carbons (Fsp3) is 0.0678. The quantitative estimate of drug-likeness (QED) is 0.162. The van der Waals surface area contributed by atoms with E-state index in [1.54, 1.807) is 121 Å². The maximum Gasteiger partial charge on any atom is 0.416 e. The van der Waals surface area contributed by atoms with Crippen LogP contribution in [0.1, 0.15) is 27.8 Å². The molecule has 5 nitrogen and oxygen atoms in total. The number of aromatic nitrogens is 4. The van der Waals surface area contributed by atoms with Crippen LogP contribution < -0.4 is 0 Å². The lowest BCUT2D eigenvalue weighted by Crippen LogP contribution is -2.14. The first-order valence-electron chi connectivity index (χ1n) is 23.3. The molecule has 0 saturated heterocycles. The van der Waals surface area contributed by atoms with Gasteiger partial charge in [-0.05, 0) is 103 Å². The van der Waals surface area contributed by atoms with Gasteiger partial charge in [0, 0.05) is 43.1 Å². The Morgan fingerprint density at radius 1 is 0.276 bits per heavy atom. The van der Waals surface area contributed by atoms with E-state index in [0.29, 0.717) is 38.1 Å². The molecule has 0 amide bonds. The lowest BCUT2D eigenvalue weighted by molar-refractivity contribution is -0.138. The molecule has 374 valence electrons. The van der Waals surface area contributed by atoms with Gasteiger partial charge >= 0.3 is 24.7 Å². The summed E-state index contributed by atoms with van der Waals surface area (Å²) in [4.78, 5) is 0. The average Bonchev–Trinajstić information content (AvgIpc) is 4.29. The summed E-state index contributed by atoms with van der Waals surface area (Å²) in [5.74, 6) is 0. The molecule has 0 saturated carbocycles. The van der Waals surface area contributed by atoms with Gasteiger partial charge in [-0.15, -0.1) is 0 Å². The average molecular weight is 1040 g/mol. The molecule has 4 aromatic heterocycles. The number of rotatable bonds is 4. The summed E-state index contributed by atoms with van der Waals surface area (Å²) >= 11 is 0. The highest BCUT2D eigenvalue weighted by molar-refractivity contribution is 6.15. The van der Waals surface area contributed by atoms with Crippen molar-refractivity contribution in [2.24, 2.45) is 0 Å². The molecule has 0 fully saturated rings. The Bertz CT molecular complexity index is 4670. The molecule has 0 radical (unpaired) electrons. The maximum absolute atomic E-state index is 14.7. The van der Waals surface area contributed by atoms with Crippen LogP contribution in [0.2, 0.25) is 0 Å². The van der Waals surface area contributed by atoms with Crippen LogP contribution in [0.25, 0.3) is 110 Å². The summed E-state index contributed by atoms with van der Waals surface area (Å²) in [6, 6.07) is 42.6. The van der Waals surface area contributed by atoms with Crippen molar-refractivity contribution in [2.45, 2.75) is 24.7 Å². The van der Waals surface area contributed by atoms with Crippen LogP contribution in [0.4, 0.5) is 52.7 Å². The van der Waals surface area contributed by atoms with Gasteiger partial charge in [0.1, 0.15) is 11.6 Å². The van der Waals surface area contributed by atoms with Crippen LogP contribution in [0.3, 0.4) is 0 Å². The normalized spacial score (nSPS) is 13.0. The highest BCUT2D eigenvalue weighted by atomic mass is 19.4. The van der Waals surface area contributed by atoms with E-state index in [4.69, 9.17) is 0 Å². The zero-order chi connectivity index (χ0) is 53.0. The fourth-order valence-electron chi connectivity index (χ4n) is 11.1. The number of benzene rings is 9. The molecule has 13 rings (SSSR count). The summed E-state index contributed by atoms with van der Waals surface area (Å²) in [6.07, 6.45) is -19.2. The lowest BCUT2D eigenvalue weighted by atomic mass is 10.0. The van der Waals surface area contributed by atoms with Crippen molar-refractivity contribution in [3.8, 4) is 28.8 Å². The predicted molar refractivity (Wildman–Crippen MR) is 269 cm³/mol. The van der Waals surface area contributed by atoms with E-state index in [1.165, 1.54) is 24.3 Å². The number of alkyl halides is 12. The van der Waals surface area contributed by atoms with Crippen LogP contribution in [0.5, 0.6) is 0 Å². The van der Waals surface area contributed by atoms with Gasteiger partial charge in [-0.3, -0.25) is 0 Å². The first-order valence-corrected chi connectivity index (χ1v) is 23.3. The highest BCUT2D eigenvalue weighted by Gasteiger charge is 2.37. The van der Waals surface area contributed by atoms with E-state index < -0.39 is 47.0 Å². The smallest absolute Gasteiger partial charge is 0.308 e. The standard InChI is InChI=1S/C59H29F12N5/c60-56(61,62)31-17-21-48-39(25-31)35-9-1-5-13-44(35)73(48)52-29-53(74-45-14-6-2-10-36(45)40-26-32(57(63,64)65)18-22-49(40)74)55(76-47-16-8-4-12-38(47)42-28-34(59(69,70)71)20-24-51(42)76)54(43(52)30-72)75-46-15-7-3-11-37(46)41-27-33(58(66,67)68)19-23-50(41)75/h1-29H. The third kappa shape index (κ3) is 6.82. The molecule has 0 aliphatic carbocycles. The monoisotopic (exact) mass is 1040 g/mol. The van der Waals surface area contributed by atoms with Crippen LogP contribution in [-0.4, -0.2) is 18.3 Å². The second-order valence-corrected chi connectivity index (χ2v) is 18.4. The number of nitrogens with zero attached hydrogens (tertiary/aromatic N) is 5. The molecule has 4 heterocycles. The van der Waals surface area contributed by atoms with Crippen molar-refractivity contribution in [1.29, 1.82) is 5.26 Å². The summed E-state index contributed by atoms with van der Waals surface area (Å²) in [5, 5.41) is 13.8. The van der Waals surface area contributed by atoms with E-state index >= 15 is 0 Å². The molecular weight excluding hydrogens is 1010 g/mol. The Balaban J connectivity index is 1.33. The molecule has 17 heteroatoms. The predicted octanol–water partition coefficient (Wildman–Crippen LogP) is 18.0. The fourth-order valence-corrected chi connectivity index (χ4v) is 11.1. The molecule has 9 aromatic carbocycles. The van der Waals surface area contributed by atoms with Gasteiger partial charge in [0.25, 0.3) is 0 Å². The summed E-state index contributed by atoms with van der Waals surface area (Å²) in [5.41, 5.74) is -2.04. The second-order valence-electron chi connectivity index (χ2n) is 18.4. The Morgan fingerprint density at radius 3 is 0.855 bits per heavy atom. The minimum Gasteiger partial charge on any atom is -0.308 e. The zero-order valence-corrected chi connectivity index (χ0v) is 38.5. The molecule has 0 bridgehead atoms. The van der Waals surface area contributed by atoms with Crippen molar-refractivity contribution >= 4 is 87.2 Å². The van der Waals surface area contributed by atoms with Crippen LogP contribution >= 0.6 is 0 Å². The number of para-hydroxylation sites is 4. The SMILES string of the molecule is N#Cc1c(-n2c3ccccc3c3cc(C(F)(F)F)ccc32)cc(-n2c3ccccc3c3cc(C(F)(F)F)ccc32)c(-n2c3ccccc3c3cc(C(F)(F)F)ccc32)c1-n1c2ccccc2c2cc(C(F)(F)F)ccc21. The summed E-state index contributed by atoms with van der Waals surface area (Å²) in [7, 11) is 0. The number of nitriles is 1. The number of hydrogen-bond donors (Lipinski definition) is 0. The first kappa shape index (κ1) is 46.6. The van der Waals surface area contributed by atoms with Crippen molar-refractivity contribution in [1.82, 2.24) is 18.3 Å². The van der Waals surface area contributed by atoms with E-state index in [1.807, 2.05) is 0 Å². The Labute approximate surface area is 419 Å². The van der Waals surface area contributed by atoms with Gasteiger partial charge in [0.05, 0.1) is 89.1 Å². The van der Waals surface area contributed by atoms with Gasteiger partial charge in [0.15, 0.2) is 0 Å². The molecule has 13 aromatic rings. The van der Waals surface area contributed by atoms with E-state index in [-0.39, 0.29) is 77.4 Å².